The van der Waals surface area contributed by atoms with Crippen molar-refractivity contribution in [3.63, 3.8) is 0 Å². The third-order valence-corrected chi connectivity index (χ3v) is 5.30. The van der Waals surface area contributed by atoms with Gasteiger partial charge < -0.3 is 5.32 Å². The second-order valence-corrected chi connectivity index (χ2v) is 6.59. The lowest BCUT2D eigenvalue weighted by molar-refractivity contribution is 0.400. The molecule has 0 saturated heterocycles. The molecule has 3 rings (SSSR count). The topological polar surface area (TPSA) is 24.9 Å². The van der Waals surface area contributed by atoms with E-state index < -0.39 is 0 Å². The second kappa shape index (κ2) is 4.86. The Hall–Kier alpha value is -0.540. The molecule has 2 nitrogen and oxygen atoms in total. The molecule has 4 unspecified atom stereocenters. The largest absolute Gasteiger partial charge is 0.381 e. The molecule has 2 aliphatic carbocycles. The van der Waals surface area contributed by atoms with E-state index in [0.717, 1.165) is 27.9 Å². The van der Waals surface area contributed by atoms with Crippen molar-refractivity contribution in [2.24, 2.45) is 17.8 Å². The van der Waals surface area contributed by atoms with Crippen molar-refractivity contribution in [3.8, 4) is 0 Å². The van der Waals surface area contributed by atoms with Crippen molar-refractivity contribution >= 4 is 33.2 Å². The van der Waals surface area contributed by atoms with Gasteiger partial charge in [0.15, 0.2) is 0 Å². The highest BCUT2D eigenvalue weighted by Crippen LogP contribution is 2.45. The SMILES string of the molecule is CC(Nc1cnc(Cl)c(Br)c1)C1CC2C=CC1C2. The maximum Gasteiger partial charge on any atom is 0.143 e. The summed E-state index contributed by atoms with van der Waals surface area (Å²) in [6, 6.07) is 2.47. The van der Waals surface area contributed by atoms with Crippen molar-refractivity contribution in [1.82, 2.24) is 4.98 Å². The van der Waals surface area contributed by atoms with Crippen molar-refractivity contribution in [2.75, 3.05) is 5.32 Å². The lowest BCUT2D eigenvalue weighted by Gasteiger charge is -2.27. The molecule has 0 aliphatic heterocycles. The molecule has 1 fully saturated rings. The van der Waals surface area contributed by atoms with Crippen LogP contribution in [-0.4, -0.2) is 11.0 Å². The Morgan fingerprint density at radius 3 is 2.89 bits per heavy atom. The van der Waals surface area contributed by atoms with Gasteiger partial charge in [0.05, 0.1) is 16.4 Å². The number of nitrogens with zero attached hydrogens (tertiary/aromatic N) is 1. The Balaban J connectivity index is 1.69. The van der Waals surface area contributed by atoms with Crippen molar-refractivity contribution in [2.45, 2.75) is 25.8 Å². The Bertz CT molecular complexity index is 489. The molecule has 1 saturated carbocycles. The number of halogens is 2. The van der Waals surface area contributed by atoms with E-state index in [4.69, 9.17) is 11.6 Å². The molecule has 4 heteroatoms. The highest BCUT2D eigenvalue weighted by Gasteiger charge is 2.38. The van der Waals surface area contributed by atoms with Gasteiger partial charge in [0.25, 0.3) is 0 Å². The molecular weight excluding hydrogens is 312 g/mol. The maximum absolute atomic E-state index is 5.90. The lowest BCUT2D eigenvalue weighted by atomic mass is 9.87. The Labute approximate surface area is 121 Å². The molecule has 0 spiro atoms. The average molecular weight is 328 g/mol. The lowest BCUT2D eigenvalue weighted by Crippen LogP contribution is -2.28. The van der Waals surface area contributed by atoms with E-state index in [0.29, 0.717) is 11.2 Å². The fraction of sp³-hybridized carbons (Fsp3) is 0.500. The zero-order valence-electron chi connectivity index (χ0n) is 10.2. The van der Waals surface area contributed by atoms with Crippen LogP contribution in [0.1, 0.15) is 19.8 Å². The monoisotopic (exact) mass is 326 g/mol. The predicted molar refractivity (Wildman–Crippen MR) is 78.9 cm³/mol. The summed E-state index contributed by atoms with van der Waals surface area (Å²) < 4.78 is 0.842. The van der Waals surface area contributed by atoms with E-state index in [1.54, 1.807) is 6.20 Å². The van der Waals surface area contributed by atoms with E-state index in [1.807, 2.05) is 6.07 Å². The van der Waals surface area contributed by atoms with Crippen LogP contribution in [0, 0.1) is 17.8 Å². The molecular formula is C14H16BrClN2. The van der Waals surface area contributed by atoms with Crippen LogP contribution in [0.3, 0.4) is 0 Å². The molecule has 0 amide bonds. The summed E-state index contributed by atoms with van der Waals surface area (Å²) in [5.74, 6) is 2.33. The van der Waals surface area contributed by atoms with Gasteiger partial charge in [0, 0.05) is 6.04 Å². The fourth-order valence-electron chi connectivity index (χ4n) is 3.27. The van der Waals surface area contributed by atoms with Crippen molar-refractivity contribution in [1.29, 1.82) is 0 Å². The first-order valence-electron chi connectivity index (χ1n) is 6.39. The number of allylic oxidation sites excluding steroid dienone is 2. The van der Waals surface area contributed by atoms with Crippen LogP contribution < -0.4 is 5.32 Å². The molecule has 2 aliphatic rings. The molecule has 1 aromatic rings. The van der Waals surface area contributed by atoms with Gasteiger partial charge in [-0.05, 0) is 59.5 Å². The highest BCUT2D eigenvalue weighted by atomic mass is 79.9. The Morgan fingerprint density at radius 1 is 1.44 bits per heavy atom. The smallest absolute Gasteiger partial charge is 0.143 e. The summed E-state index contributed by atoms with van der Waals surface area (Å²) in [7, 11) is 0. The van der Waals surface area contributed by atoms with Crippen LogP contribution in [0.15, 0.2) is 28.9 Å². The molecule has 0 aromatic carbocycles. The average Bonchev–Trinajstić information content (AvgIpc) is 2.96. The molecule has 1 heterocycles. The standard InChI is InChI=1S/C14H16BrClN2/c1-8(12-5-9-2-3-10(12)4-9)18-11-6-13(15)14(16)17-7-11/h2-3,6-10,12,18H,4-5H2,1H3. The molecule has 1 aromatic heterocycles. The van der Waals surface area contributed by atoms with Gasteiger partial charge in [-0.25, -0.2) is 4.98 Å². The summed E-state index contributed by atoms with van der Waals surface area (Å²) in [4.78, 5) is 4.15. The van der Waals surface area contributed by atoms with Gasteiger partial charge in [-0.1, -0.05) is 23.8 Å². The van der Waals surface area contributed by atoms with Crippen LogP contribution >= 0.6 is 27.5 Å². The van der Waals surface area contributed by atoms with Crippen LogP contribution in [-0.2, 0) is 0 Å². The van der Waals surface area contributed by atoms with Gasteiger partial charge in [0.2, 0.25) is 0 Å². The third-order valence-electron chi connectivity index (χ3n) is 4.16. The second-order valence-electron chi connectivity index (χ2n) is 5.37. The van der Waals surface area contributed by atoms with Crippen molar-refractivity contribution < 1.29 is 0 Å². The Morgan fingerprint density at radius 2 is 2.28 bits per heavy atom. The maximum atomic E-state index is 5.90. The van der Waals surface area contributed by atoms with Crippen LogP contribution in [0.2, 0.25) is 5.15 Å². The fourth-order valence-corrected chi connectivity index (χ4v) is 3.72. The third kappa shape index (κ3) is 2.30. The minimum atomic E-state index is 0.472. The summed E-state index contributed by atoms with van der Waals surface area (Å²) >= 11 is 9.31. The number of fused-ring (bicyclic) bond motifs is 2. The summed E-state index contributed by atoms with van der Waals surface area (Å²) in [5, 5.41) is 4.06. The van der Waals surface area contributed by atoms with Crippen LogP contribution in [0.5, 0.6) is 0 Å². The van der Waals surface area contributed by atoms with Crippen molar-refractivity contribution in [3.05, 3.63) is 34.0 Å². The van der Waals surface area contributed by atoms with E-state index in [2.05, 4.69) is 45.3 Å². The van der Waals surface area contributed by atoms with Gasteiger partial charge in [0.1, 0.15) is 5.15 Å². The summed E-state index contributed by atoms with van der Waals surface area (Å²) in [5.41, 5.74) is 1.03. The van der Waals surface area contributed by atoms with Crippen LogP contribution in [0.4, 0.5) is 5.69 Å². The number of hydrogen-bond donors (Lipinski definition) is 1. The minimum absolute atomic E-state index is 0.472. The van der Waals surface area contributed by atoms with E-state index in [-0.39, 0.29) is 0 Å². The van der Waals surface area contributed by atoms with Gasteiger partial charge in [-0.3, -0.25) is 0 Å². The van der Waals surface area contributed by atoms with Gasteiger partial charge in [-0.15, -0.1) is 0 Å². The molecule has 96 valence electrons. The molecule has 4 atom stereocenters. The normalized spacial score (nSPS) is 30.7. The highest BCUT2D eigenvalue weighted by molar-refractivity contribution is 9.10. The van der Waals surface area contributed by atoms with Gasteiger partial charge in [-0.2, -0.15) is 0 Å². The van der Waals surface area contributed by atoms with E-state index >= 15 is 0 Å². The predicted octanol–water partition coefficient (Wildman–Crippen LogP) is 4.51. The first kappa shape index (κ1) is 12.5. The first-order chi connectivity index (χ1) is 8.63. The number of rotatable bonds is 3. The number of aromatic nitrogens is 1. The zero-order chi connectivity index (χ0) is 12.7. The van der Waals surface area contributed by atoms with E-state index in [9.17, 15) is 0 Å². The molecule has 0 radical (unpaired) electrons. The molecule has 18 heavy (non-hydrogen) atoms. The first-order valence-corrected chi connectivity index (χ1v) is 7.56. The zero-order valence-corrected chi connectivity index (χ0v) is 12.6. The number of hydrogen-bond acceptors (Lipinski definition) is 2. The summed E-state index contributed by atoms with van der Waals surface area (Å²) in [6.45, 7) is 2.27. The summed E-state index contributed by atoms with van der Waals surface area (Å²) in [6.07, 6.45) is 9.24. The number of pyridine rings is 1. The molecule has 1 N–H and O–H groups in total. The minimum Gasteiger partial charge on any atom is -0.381 e. The van der Waals surface area contributed by atoms with Crippen LogP contribution in [0.25, 0.3) is 0 Å². The molecule has 2 bridgehead atoms. The number of anilines is 1. The van der Waals surface area contributed by atoms with E-state index in [1.165, 1.54) is 12.8 Å². The number of nitrogens with one attached hydrogen (secondary N) is 1. The Kier molecular flexibility index (Phi) is 3.37. The quantitative estimate of drug-likeness (QED) is 0.652. The van der Waals surface area contributed by atoms with Gasteiger partial charge >= 0.3 is 0 Å².